The molecular weight excluding hydrogens is 413 g/mol. The maximum absolute atomic E-state index is 12.8. The molecule has 8 nitrogen and oxygen atoms in total. The first kappa shape index (κ1) is 22.9. The van der Waals surface area contributed by atoms with Gasteiger partial charge < -0.3 is 21.1 Å². The van der Waals surface area contributed by atoms with E-state index in [0.717, 1.165) is 11.8 Å². The van der Waals surface area contributed by atoms with Crippen molar-refractivity contribution in [3.8, 4) is 0 Å². The summed E-state index contributed by atoms with van der Waals surface area (Å²) in [5, 5.41) is 4.42. The molecule has 0 aromatic heterocycles. The molecule has 0 fully saturated rings. The van der Waals surface area contributed by atoms with Crippen LogP contribution in [0.1, 0.15) is 17.3 Å². The fraction of sp³-hybridized carbons (Fsp3) is 0.200. The van der Waals surface area contributed by atoms with Crippen LogP contribution in [0.25, 0.3) is 0 Å². The normalized spacial score (nSPS) is 11.3. The van der Waals surface area contributed by atoms with Gasteiger partial charge in [-0.25, -0.2) is 4.39 Å². The van der Waals surface area contributed by atoms with Crippen molar-refractivity contribution in [3.63, 3.8) is 0 Å². The van der Waals surface area contributed by atoms with Crippen molar-refractivity contribution in [1.82, 2.24) is 0 Å². The molecule has 2 aromatic carbocycles. The number of nitrogens with two attached hydrogens (primary N) is 1. The SMILES string of the molecule is C[C@@H](SCC(=O)Nc1ccc(F)cc1)C(=O)OCC(=O)Nc1ccc(C(N)=O)cc1. The number of hydrogen-bond acceptors (Lipinski definition) is 6. The summed E-state index contributed by atoms with van der Waals surface area (Å²) in [6, 6.07) is 11.2. The third-order valence-corrected chi connectivity index (χ3v) is 4.84. The number of thioether (sulfide) groups is 1. The number of ether oxygens (including phenoxy) is 1. The quantitative estimate of drug-likeness (QED) is 0.520. The lowest BCUT2D eigenvalue weighted by molar-refractivity contribution is -0.146. The van der Waals surface area contributed by atoms with E-state index < -0.39 is 35.5 Å². The van der Waals surface area contributed by atoms with Gasteiger partial charge in [0.25, 0.3) is 5.91 Å². The molecule has 0 radical (unpaired) electrons. The van der Waals surface area contributed by atoms with E-state index in [1.54, 1.807) is 6.92 Å². The van der Waals surface area contributed by atoms with Crippen LogP contribution in [-0.2, 0) is 19.1 Å². The molecule has 30 heavy (non-hydrogen) atoms. The third kappa shape index (κ3) is 7.55. The fourth-order valence-corrected chi connectivity index (χ4v) is 2.85. The van der Waals surface area contributed by atoms with Gasteiger partial charge in [0.2, 0.25) is 11.8 Å². The average Bonchev–Trinajstić information content (AvgIpc) is 2.72. The molecule has 2 aromatic rings. The lowest BCUT2D eigenvalue weighted by Gasteiger charge is -2.12. The Morgan fingerprint density at radius 3 is 2.07 bits per heavy atom. The molecule has 0 saturated heterocycles. The predicted octanol–water partition coefficient (Wildman–Crippen LogP) is 2.17. The highest BCUT2D eigenvalue weighted by molar-refractivity contribution is 8.01. The average molecular weight is 433 g/mol. The van der Waals surface area contributed by atoms with Gasteiger partial charge in [-0.3, -0.25) is 19.2 Å². The van der Waals surface area contributed by atoms with Crippen LogP contribution in [0.2, 0.25) is 0 Å². The second kappa shape index (κ2) is 11.0. The number of amides is 3. The Morgan fingerprint density at radius 1 is 0.967 bits per heavy atom. The maximum atomic E-state index is 12.8. The Kier molecular flexibility index (Phi) is 8.36. The molecule has 0 unspecified atom stereocenters. The molecule has 0 saturated carbocycles. The lowest BCUT2D eigenvalue weighted by atomic mass is 10.2. The van der Waals surface area contributed by atoms with Crippen molar-refractivity contribution in [3.05, 3.63) is 59.9 Å². The van der Waals surface area contributed by atoms with E-state index in [9.17, 15) is 23.6 Å². The Hall–Kier alpha value is -3.40. The smallest absolute Gasteiger partial charge is 0.319 e. The van der Waals surface area contributed by atoms with E-state index in [4.69, 9.17) is 10.5 Å². The maximum Gasteiger partial charge on any atom is 0.319 e. The summed E-state index contributed by atoms with van der Waals surface area (Å²) in [6.07, 6.45) is 0. The number of anilines is 2. The number of rotatable bonds is 9. The minimum absolute atomic E-state index is 0.0218. The topological polar surface area (TPSA) is 128 Å². The van der Waals surface area contributed by atoms with Gasteiger partial charge in [0.15, 0.2) is 6.61 Å². The molecule has 10 heteroatoms. The van der Waals surface area contributed by atoms with Crippen LogP contribution in [0.4, 0.5) is 15.8 Å². The van der Waals surface area contributed by atoms with E-state index in [1.807, 2.05) is 0 Å². The monoisotopic (exact) mass is 433 g/mol. The number of carbonyl (C=O) groups is 4. The highest BCUT2D eigenvalue weighted by atomic mass is 32.2. The number of esters is 1. The van der Waals surface area contributed by atoms with Crippen molar-refractivity contribution >= 4 is 46.8 Å². The van der Waals surface area contributed by atoms with Crippen molar-refractivity contribution in [1.29, 1.82) is 0 Å². The van der Waals surface area contributed by atoms with Crippen LogP contribution in [0.5, 0.6) is 0 Å². The van der Waals surface area contributed by atoms with Gasteiger partial charge in [-0.05, 0) is 55.5 Å². The molecule has 0 aliphatic carbocycles. The van der Waals surface area contributed by atoms with E-state index in [-0.39, 0.29) is 11.7 Å². The zero-order valence-corrected chi connectivity index (χ0v) is 16.8. The van der Waals surface area contributed by atoms with Crippen LogP contribution >= 0.6 is 11.8 Å². The minimum atomic E-state index is -0.674. The van der Waals surface area contributed by atoms with Gasteiger partial charge in [0.05, 0.1) is 5.75 Å². The molecule has 3 amide bonds. The summed E-state index contributed by atoms with van der Waals surface area (Å²) >= 11 is 1.04. The first-order chi connectivity index (χ1) is 14.2. The molecule has 0 heterocycles. The molecular formula is C20H20FN3O5S. The summed E-state index contributed by atoms with van der Waals surface area (Å²) in [5.41, 5.74) is 6.30. The Morgan fingerprint density at radius 2 is 1.50 bits per heavy atom. The van der Waals surface area contributed by atoms with Gasteiger partial charge in [-0.2, -0.15) is 0 Å². The largest absolute Gasteiger partial charge is 0.455 e. The Labute approximate surface area is 176 Å². The standard InChI is InChI=1S/C20H20FN3O5S/c1-12(30-11-18(26)24-16-8-4-14(21)5-9-16)20(28)29-10-17(25)23-15-6-2-13(3-7-15)19(22)27/h2-9,12H,10-11H2,1H3,(H2,22,27)(H,23,25)(H,24,26)/t12-/m1/s1. The van der Waals surface area contributed by atoms with Crippen molar-refractivity contribution in [2.75, 3.05) is 23.0 Å². The summed E-state index contributed by atoms with van der Waals surface area (Å²) in [7, 11) is 0. The number of nitrogens with one attached hydrogen (secondary N) is 2. The van der Waals surface area contributed by atoms with Gasteiger partial charge in [0.1, 0.15) is 11.1 Å². The summed E-state index contributed by atoms with van der Waals surface area (Å²) in [6.45, 7) is 1.06. The van der Waals surface area contributed by atoms with Crippen molar-refractivity contribution in [2.24, 2.45) is 5.73 Å². The molecule has 0 bridgehead atoms. The molecule has 0 aliphatic rings. The highest BCUT2D eigenvalue weighted by Gasteiger charge is 2.18. The second-order valence-electron chi connectivity index (χ2n) is 6.11. The van der Waals surface area contributed by atoms with Crippen LogP contribution in [0.3, 0.4) is 0 Å². The van der Waals surface area contributed by atoms with Gasteiger partial charge in [0, 0.05) is 16.9 Å². The predicted molar refractivity (Wildman–Crippen MR) is 111 cm³/mol. The highest BCUT2D eigenvalue weighted by Crippen LogP contribution is 2.14. The zero-order chi connectivity index (χ0) is 22.1. The van der Waals surface area contributed by atoms with E-state index in [2.05, 4.69) is 10.6 Å². The van der Waals surface area contributed by atoms with Gasteiger partial charge in [-0.1, -0.05) is 0 Å². The number of primary amides is 1. The molecule has 1 atom stereocenters. The molecule has 0 aliphatic heterocycles. The van der Waals surface area contributed by atoms with Gasteiger partial charge >= 0.3 is 5.97 Å². The van der Waals surface area contributed by atoms with Crippen LogP contribution < -0.4 is 16.4 Å². The molecule has 2 rings (SSSR count). The van der Waals surface area contributed by atoms with Crippen LogP contribution in [0, 0.1) is 5.82 Å². The first-order valence-corrected chi connectivity index (χ1v) is 9.83. The molecule has 4 N–H and O–H groups in total. The second-order valence-corrected chi connectivity index (χ2v) is 7.43. The van der Waals surface area contributed by atoms with E-state index in [1.165, 1.54) is 48.5 Å². The summed E-state index contributed by atoms with van der Waals surface area (Å²) < 4.78 is 17.8. The Balaban J connectivity index is 1.70. The number of halogens is 1. The molecule has 158 valence electrons. The summed E-state index contributed by atoms with van der Waals surface area (Å²) in [4.78, 5) is 46.8. The number of benzene rings is 2. The van der Waals surface area contributed by atoms with Gasteiger partial charge in [-0.15, -0.1) is 11.8 Å². The number of hydrogen-bond donors (Lipinski definition) is 3. The molecule has 0 spiro atoms. The lowest BCUT2D eigenvalue weighted by Crippen LogP contribution is -2.26. The fourth-order valence-electron chi connectivity index (χ4n) is 2.17. The Bertz CT molecular complexity index is 919. The third-order valence-electron chi connectivity index (χ3n) is 3.72. The number of carbonyl (C=O) groups excluding carboxylic acids is 4. The summed E-state index contributed by atoms with van der Waals surface area (Å²) in [5.74, 6) is -2.57. The first-order valence-electron chi connectivity index (χ1n) is 8.78. The minimum Gasteiger partial charge on any atom is -0.455 e. The zero-order valence-electron chi connectivity index (χ0n) is 16.0. The van der Waals surface area contributed by atoms with Crippen molar-refractivity contribution < 1.29 is 28.3 Å². The van der Waals surface area contributed by atoms with E-state index in [0.29, 0.717) is 16.9 Å². The van der Waals surface area contributed by atoms with Crippen molar-refractivity contribution in [2.45, 2.75) is 12.2 Å². The van der Waals surface area contributed by atoms with Crippen LogP contribution in [0.15, 0.2) is 48.5 Å². The van der Waals surface area contributed by atoms with E-state index >= 15 is 0 Å². The van der Waals surface area contributed by atoms with Crippen LogP contribution in [-0.4, -0.2) is 41.3 Å².